The number of carbonyl (C=O) groups excluding carboxylic acids is 3. The lowest BCUT2D eigenvalue weighted by molar-refractivity contribution is -0.173. The monoisotopic (exact) mass is 420 g/mol. The molecule has 3 rings (SSSR count). The van der Waals surface area contributed by atoms with Crippen molar-refractivity contribution in [2.45, 2.75) is 72.0 Å². The molecule has 1 unspecified atom stereocenters. The molecule has 0 heterocycles. The van der Waals surface area contributed by atoms with Gasteiger partial charge in [-0.3, -0.25) is 14.4 Å². The maximum absolute atomic E-state index is 13.5. The number of hydrogen-bond acceptors (Lipinski definition) is 6. The molecule has 0 amide bonds. The van der Waals surface area contributed by atoms with Gasteiger partial charge in [-0.1, -0.05) is 26.8 Å². The van der Waals surface area contributed by atoms with Crippen LogP contribution in [0.25, 0.3) is 0 Å². The van der Waals surface area contributed by atoms with Crippen molar-refractivity contribution in [1.29, 1.82) is 0 Å². The van der Waals surface area contributed by atoms with Crippen LogP contribution >= 0.6 is 0 Å². The van der Waals surface area contributed by atoms with E-state index in [1.165, 1.54) is 6.92 Å². The number of carbonyl (C=O) groups is 3. The number of fused-ring (bicyclic) bond motifs is 2. The minimum atomic E-state index is -0.534. The minimum Gasteiger partial charge on any atom is -0.462 e. The van der Waals surface area contributed by atoms with Crippen LogP contribution in [0.3, 0.4) is 0 Å². The van der Waals surface area contributed by atoms with Crippen LogP contribution < -0.4 is 0 Å². The average Bonchev–Trinajstić information content (AvgIpc) is 2.97. The molecule has 2 bridgehead atoms. The summed E-state index contributed by atoms with van der Waals surface area (Å²) in [6.07, 6.45) is 4.36. The van der Waals surface area contributed by atoms with Crippen LogP contribution in [0.15, 0.2) is 11.6 Å². The molecule has 0 aromatic heterocycles. The first-order chi connectivity index (χ1) is 14.1. The quantitative estimate of drug-likeness (QED) is 0.648. The smallest absolute Gasteiger partial charge is 0.302 e. The number of Topliss-reactive ketones (excluding diaryl/α,β-unsaturated/α-hetero) is 2. The molecule has 3 aliphatic rings. The van der Waals surface area contributed by atoms with Crippen molar-refractivity contribution < 1.29 is 28.6 Å². The molecule has 6 atom stereocenters. The second-order valence-electron chi connectivity index (χ2n) is 10.1. The standard InChI is InChI=1S/C24H36O6/c1-14(25)30-21-9-10-24(4)19(23(21,2)3)12-18(29-6)16-11-15(7-8-20(24)26)17(13-28-5)22(16)27/h11,15,17-19,21H,7-10,12-13H2,1-6H3/t15-,17?,18-,19-,21+,24-/m1/s1. The Morgan fingerprint density at radius 2 is 1.87 bits per heavy atom. The first-order valence-corrected chi connectivity index (χ1v) is 11.0. The summed E-state index contributed by atoms with van der Waals surface area (Å²) >= 11 is 0. The largest absolute Gasteiger partial charge is 0.462 e. The number of esters is 1. The van der Waals surface area contributed by atoms with Gasteiger partial charge in [0.05, 0.1) is 18.6 Å². The van der Waals surface area contributed by atoms with E-state index in [4.69, 9.17) is 14.2 Å². The molecule has 0 aliphatic heterocycles. The fraction of sp³-hybridized carbons (Fsp3) is 0.792. The fourth-order valence-electron chi connectivity index (χ4n) is 6.25. The van der Waals surface area contributed by atoms with E-state index in [2.05, 4.69) is 20.8 Å². The molecule has 0 aromatic rings. The summed E-state index contributed by atoms with van der Waals surface area (Å²) in [5, 5.41) is 0. The fourth-order valence-corrected chi connectivity index (χ4v) is 6.25. The molecule has 0 spiro atoms. The number of hydrogen-bond donors (Lipinski definition) is 0. The van der Waals surface area contributed by atoms with Crippen LogP contribution in [0, 0.1) is 28.6 Å². The SMILES string of the molecule is COCC1C(=O)C2=C[C@H]1CCC(=O)[C@]1(C)CC[C@H](OC(C)=O)C(C)(C)[C@H]1C[C@H]2OC. The van der Waals surface area contributed by atoms with Gasteiger partial charge in [0.1, 0.15) is 11.9 Å². The van der Waals surface area contributed by atoms with E-state index in [1.807, 2.05) is 6.08 Å². The van der Waals surface area contributed by atoms with Gasteiger partial charge in [0.25, 0.3) is 0 Å². The highest BCUT2D eigenvalue weighted by atomic mass is 16.5. The predicted octanol–water partition coefficient (Wildman–Crippen LogP) is 3.52. The number of methoxy groups -OCH3 is 2. The number of ketones is 2. The summed E-state index contributed by atoms with van der Waals surface area (Å²) in [7, 11) is 3.23. The maximum Gasteiger partial charge on any atom is 0.302 e. The van der Waals surface area contributed by atoms with Gasteiger partial charge in [-0.25, -0.2) is 0 Å². The zero-order valence-corrected chi connectivity index (χ0v) is 19.2. The van der Waals surface area contributed by atoms with Gasteiger partial charge >= 0.3 is 5.97 Å². The molecule has 1 fully saturated rings. The lowest BCUT2D eigenvalue weighted by Gasteiger charge is -2.54. The number of allylic oxidation sites excluding steroid dienone is 1. The Balaban J connectivity index is 2.02. The van der Waals surface area contributed by atoms with Gasteiger partial charge in [-0.2, -0.15) is 0 Å². The van der Waals surface area contributed by atoms with Crippen LogP contribution in [-0.2, 0) is 28.6 Å². The number of rotatable bonds is 4. The van der Waals surface area contributed by atoms with Gasteiger partial charge in [-0.15, -0.1) is 0 Å². The Morgan fingerprint density at radius 3 is 2.47 bits per heavy atom. The Kier molecular flexibility index (Phi) is 6.59. The molecular formula is C24H36O6. The molecule has 30 heavy (non-hydrogen) atoms. The maximum atomic E-state index is 13.5. The molecule has 0 radical (unpaired) electrons. The van der Waals surface area contributed by atoms with Crippen molar-refractivity contribution in [3.63, 3.8) is 0 Å². The van der Waals surface area contributed by atoms with Crippen LogP contribution in [0.2, 0.25) is 0 Å². The summed E-state index contributed by atoms with van der Waals surface area (Å²) < 4.78 is 16.8. The second-order valence-corrected chi connectivity index (χ2v) is 10.1. The van der Waals surface area contributed by atoms with E-state index in [9.17, 15) is 14.4 Å². The second kappa shape index (κ2) is 8.54. The lowest BCUT2D eigenvalue weighted by atomic mass is 9.52. The topological polar surface area (TPSA) is 78.9 Å². The van der Waals surface area contributed by atoms with Crippen molar-refractivity contribution in [1.82, 2.24) is 0 Å². The van der Waals surface area contributed by atoms with Gasteiger partial charge in [0, 0.05) is 44.0 Å². The summed E-state index contributed by atoms with van der Waals surface area (Å²) in [5.74, 6) is -0.291. The molecule has 168 valence electrons. The molecule has 0 aromatic carbocycles. The highest BCUT2D eigenvalue weighted by Gasteiger charge is 2.57. The first-order valence-electron chi connectivity index (χ1n) is 11.0. The van der Waals surface area contributed by atoms with Crippen LogP contribution in [0.5, 0.6) is 0 Å². The predicted molar refractivity (Wildman–Crippen MR) is 112 cm³/mol. The summed E-state index contributed by atoms with van der Waals surface area (Å²) in [6.45, 7) is 8.00. The van der Waals surface area contributed by atoms with E-state index in [1.54, 1.807) is 14.2 Å². The molecule has 1 saturated carbocycles. The summed E-state index contributed by atoms with van der Waals surface area (Å²) in [4.78, 5) is 38.4. The Hall–Kier alpha value is -1.53. The third kappa shape index (κ3) is 3.89. The molecular weight excluding hydrogens is 384 g/mol. The zero-order valence-electron chi connectivity index (χ0n) is 19.2. The van der Waals surface area contributed by atoms with E-state index in [-0.39, 0.29) is 47.5 Å². The average molecular weight is 421 g/mol. The first kappa shape index (κ1) is 23.1. The molecule has 6 heteroatoms. The van der Waals surface area contributed by atoms with E-state index >= 15 is 0 Å². The van der Waals surface area contributed by atoms with Gasteiger partial charge < -0.3 is 14.2 Å². The normalized spacial score (nSPS) is 38.6. The van der Waals surface area contributed by atoms with Gasteiger partial charge in [-0.05, 0) is 37.5 Å². The van der Waals surface area contributed by atoms with Crippen molar-refractivity contribution in [3.8, 4) is 0 Å². The molecule has 3 aliphatic carbocycles. The van der Waals surface area contributed by atoms with Crippen molar-refractivity contribution in [2.75, 3.05) is 20.8 Å². The van der Waals surface area contributed by atoms with Crippen molar-refractivity contribution in [3.05, 3.63) is 11.6 Å². The molecule has 6 nitrogen and oxygen atoms in total. The van der Waals surface area contributed by atoms with Gasteiger partial charge in [0.2, 0.25) is 0 Å². The third-order valence-corrected chi connectivity index (χ3v) is 8.03. The highest BCUT2D eigenvalue weighted by Crippen LogP contribution is 2.56. The highest BCUT2D eigenvalue weighted by molar-refractivity contribution is 6.01. The van der Waals surface area contributed by atoms with Crippen LogP contribution in [0.4, 0.5) is 0 Å². The van der Waals surface area contributed by atoms with Crippen molar-refractivity contribution in [2.24, 2.45) is 28.6 Å². The van der Waals surface area contributed by atoms with E-state index < -0.39 is 10.8 Å². The van der Waals surface area contributed by atoms with Gasteiger partial charge in [0.15, 0.2) is 5.78 Å². The minimum absolute atomic E-state index is 0.0135. The van der Waals surface area contributed by atoms with Crippen LogP contribution in [-0.4, -0.2) is 50.6 Å². The third-order valence-electron chi connectivity index (χ3n) is 8.03. The lowest BCUT2D eigenvalue weighted by Crippen LogP contribution is -2.55. The summed E-state index contributed by atoms with van der Waals surface area (Å²) in [5.41, 5.74) is -0.238. The zero-order chi connectivity index (χ0) is 22.3. The molecule has 0 saturated heterocycles. The Morgan fingerprint density at radius 1 is 1.17 bits per heavy atom. The summed E-state index contributed by atoms with van der Waals surface area (Å²) in [6, 6.07) is 0. The molecule has 0 N–H and O–H groups in total. The van der Waals surface area contributed by atoms with Crippen molar-refractivity contribution >= 4 is 17.5 Å². The van der Waals surface area contributed by atoms with E-state index in [0.717, 1.165) is 0 Å². The van der Waals surface area contributed by atoms with Crippen LogP contribution in [0.1, 0.15) is 59.8 Å². The Bertz CT molecular complexity index is 738. The Labute approximate surface area is 179 Å². The number of ether oxygens (including phenoxy) is 3. The van der Waals surface area contributed by atoms with E-state index in [0.29, 0.717) is 44.3 Å².